The van der Waals surface area contributed by atoms with Crippen LogP contribution >= 0.6 is 0 Å². The fourth-order valence-corrected chi connectivity index (χ4v) is 7.55. The Kier molecular flexibility index (Phi) is 36.7. The van der Waals surface area contributed by atoms with Crippen LogP contribution in [0.25, 0.3) is 0 Å². The third-order valence-corrected chi connectivity index (χ3v) is 11.3. The molecule has 1 aliphatic heterocycles. The number of carbonyl (C=O) groups excluding carboxylic acids is 1. The Balaban J connectivity index is 2.08. The molecular formula is C46H90O9. The Labute approximate surface area is 338 Å². The molecule has 328 valence electrons. The highest BCUT2D eigenvalue weighted by Gasteiger charge is 2.44. The molecule has 1 heterocycles. The molecule has 0 aliphatic carbocycles. The lowest BCUT2D eigenvalue weighted by Crippen LogP contribution is -2.59. The van der Waals surface area contributed by atoms with Gasteiger partial charge in [0.15, 0.2) is 6.29 Å². The summed E-state index contributed by atoms with van der Waals surface area (Å²) in [5.41, 5.74) is 0. The molecule has 0 bridgehead atoms. The van der Waals surface area contributed by atoms with Gasteiger partial charge in [-0.25, -0.2) is 0 Å². The number of hydrogen-bond donors (Lipinski definition) is 4. The van der Waals surface area contributed by atoms with Crippen molar-refractivity contribution in [2.45, 2.75) is 263 Å². The fraction of sp³-hybridized carbons (Fsp3) is 0.978. The Morgan fingerprint density at radius 1 is 0.509 bits per heavy atom. The zero-order valence-electron chi connectivity index (χ0n) is 36.0. The smallest absolute Gasteiger partial charge is 0.306 e. The van der Waals surface area contributed by atoms with Gasteiger partial charge in [0.25, 0.3) is 0 Å². The summed E-state index contributed by atoms with van der Waals surface area (Å²) in [6.45, 7) is 4.56. The average molecular weight is 787 g/mol. The lowest BCUT2D eigenvalue weighted by atomic mass is 9.99. The predicted octanol–water partition coefficient (Wildman–Crippen LogP) is 10.6. The van der Waals surface area contributed by atoms with Gasteiger partial charge >= 0.3 is 5.97 Å². The molecule has 0 aromatic heterocycles. The van der Waals surface area contributed by atoms with Crippen molar-refractivity contribution in [3.63, 3.8) is 0 Å². The van der Waals surface area contributed by atoms with Crippen molar-refractivity contribution >= 4 is 5.97 Å². The molecule has 6 unspecified atom stereocenters. The lowest BCUT2D eigenvalue weighted by molar-refractivity contribution is -0.305. The highest BCUT2D eigenvalue weighted by atomic mass is 16.7. The highest BCUT2D eigenvalue weighted by Crippen LogP contribution is 2.23. The molecule has 1 rings (SSSR count). The number of aliphatic hydroxyl groups is 4. The lowest BCUT2D eigenvalue weighted by Gasteiger charge is -2.39. The predicted molar refractivity (Wildman–Crippen MR) is 224 cm³/mol. The van der Waals surface area contributed by atoms with Crippen LogP contribution in [0.4, 0.5) is 0 Å². The van der Waals surface area contributed by atoms with Crippen molar-refractivity contribution in [2.24, 2.45) is 0 Å². The quantitative estimate of drug-likeness (QED) is 0.0353. The Morgan fingerprint density at radius 2 is 0.891 bits per heavy atom. The summed E-state index contributed by atoms with van der Waals surface area (Å²) in [6, 6.07) is 0. The third-order valence-electron chi connectivity index (χ3n) is 11.3. The van der Waals surface area contributed by atoms with Crippen LogP contribution in [0.2, 0.25) is 0 Å². The van der Waals surface area contributed by atoms with Gasteiger partial charge in [-0.05, 0) is 12.8 Å². The SMILES string of the molecule is CCCCCCCCCCCCCCCCCCCCCCCCCCCC(=O)OC(COCCCCCCCCC)COC1OC(CO)C(O)C(O)C1O. The Morgan fingerprint density at radius 3 is 1.29 bits per heavy atom. The van der Waals surface area contributed by atoms with Crippen LogP contribution in [-0.4, -0.2) is 89.6 Å². The number of hydrogen-bond acceptors (Lipinski definition) is 9. The van der Waals surface area contributed by atoms with Gasteiger partial charge in [0.2, 0.25) is 0 Å². The summed E-state index contributed by atoms with van der Waals surface area (Å²) in [7, 11) is 0. The van der Waals surface area contributed by atoms with Gasteiger partial charge in [0, 0.05) is 13.0 Å². The minimum atomic E-state index is -1.53. The first-order chi connectivity index (χ1) is 26.9. The van der Waals surface area contributed by atoms with E-state index >= 15 is 0 Å². The maximum Gasteiger partial charge on any atom is 0.306 e. The standard InChI is InChI=1S/C46H90O9/c1-3-5-7-9-11-12-13-14-15-16-17-18-19-20-21-22-23-24-25-26-27-28-29-31-33-35-42(48)54-40(38-52-36-34-32-30-10-8-6-4-2)39-53-46-45(51)44(50)43(49)41(37-47)55-46/h40-41,43-47,49-51H,3-39H2,1-2H3. The molecule has 1 saturated heterocycles. The molecule has 0 aromatic rings. The van der Waals surface area contributed by atoms with Gasteiger partial charge in [0.05, 0.1) is 19.8 Å². The van der Waals surface area contributed by atoms with E-state index in [0.717, 1.165) is 32.1 Å². The van der Waals surface area contributed by atoms with Crippen molar-refractivity contribution in [1.82, 2.24) is 0 Å². The summed E-state index contributed by atoms with van der Waals surface area (Å²) in [6.07, 6.45) is 34.5. The van der Waals surface area contributed by atoms with Gasteiger partial charge in [0.1, 0.15) is 30.5 Å². The summed E-state index contributed by atoms with van der Waals surface area (Å²) in [5.74, 6) is -0.309. The van der Waals surface area contributed by atoms with Gasteiger partial charge in [-0.15, -0.1) is 0 Å². The number of aliphatic hydroxyl groups excluding tert-OH is 4. The molecule has 1 aliphatic rings. The molecular weight excluding hydrogens is 696 g/mol. The maximum absolute atomic E-state index is 12.7. The molecule has 55 heavy (non-hydrogen) atoms. The second-order valence-electron chi connectivity index (χ2n) is 16.6. The fourth-order valence-electron chi connectivity index (χ4n) is 7.55. The van der Waals surface area contributed by atoms with Crippen molar-refractivity contribution in [1.29, 1.82) is 0 Å². The van der Waals surface area contributed by atoms with Crippen molar-refractivity contribution < 1.29 is 44.2 Å². The minimum Gasteiger partial charge on any atom is -0.457 e. The Hall–Kier alpha value is -0.810. The molecule has 0 spiro atoms. The normalized spacial score (nSPS) is 20.6. The van der Waals surface area contributed by atoms with E-state index in [0.29, 0.717) is 13.0 Å². The van der Waals surface area contributed by atoms with Gasteiger partial charge in [-0.1, -0.05) is 206 Å². The van der Waals surface area contributed by atoms with E-state index in [1.807, 2.05) is 0 Å². The van der Waals surface area contributed by atoms with E-state index in [1.165, 1.54) is 173 Å². The first kappa shape index (κ1) is 52.2. The van der Waals surface area contributed by atoms with Gasteiger partial charge in [-0.2, -0.15) is 0 Å². The van der Waals surface area contributed by atoms with Gasteiger partial charge < -0.3 is 39.4 Å². The van der Waals surface area contributed by atoms with E-state index in [-0.39, 0.29) is 19.2 Å². The van der Waals surface area contributed by atoms with Crippen molar-refractivity contribution in [2.75, 3.05) is 26.4 Å². The van der Waals surface area contributed by atoms with Crippen molar-refractivity contribution in [3.8, 4) is 0 Å². The first-order valence-corrected chi connectivity index (χ1v) is 23.6. The summed E-state index contributed by atoms with van der Waals surface area (Å²) >= 11 is 0. The van der Waals surface area contributed by atoms with E-state index in [4.69, 9.17) is 18.9 Å². The molecule has 0 saturated carbocycles. The summed E-state index contributed by atoms with van der Waals surface area (Å²) in [5, 5.41) is 40.0. The second kappa shape index (κ2) is 38.7. The molecule has 0 radical (unpaired) electrons. The van der Waals surface area contributed by atoms with Crippen LogP contribution in [0.3, 0.4) is 0 Å². The highest BCUT2D eigenvalue weighted by molar-refractivity contribution is 5.69. The van der Waals surface area contributed by atoms with E-state index in [1.54, 1.807) is 0 Å². The maximum atomic E-state index is 12.7. The van der Waals surface area contributed by atoms with Crippen molar-refractivity contribution in [3.05, 3.63) is 0 Å². The molecule has 0 amide bonds. The first-order valence-electron chi connectivity index (χ1n) is 23.6. The second-order valence-corrected chi connectivity index (χ2v) is 16.6. The third kappa shape index (κ3) is 30.0. The summed E-state index contributed by atoms with van der Waals surface area (Å²) in [4.78, 5) is 12.7. The largest absolute Gasteiger partial charge is 0.457 e. The minimum absolute atomic E-state index is 0.106. The number of carbonyl (C=O) groups is 1. The molecule has 9 heteroatoms. The van der Waals surface area contributed by atoms with Gasteiger partial charge in [-0.3, -0.25) is 4.79 Å². The molecule has 9 nitrogen and oxygen atoms in total. The topological polar surface area (TPSA) is 135 Å². The zero-order chi connectivity index (χ0) is 40.0. The van der Waals surface area contributed by atoms with E-state index < -0.39 is 43.4 Å². The number of ether oxygens (including phenoxy) is 4. The number of esters is 1. The molecule has 4 N–H and O–H groups in total. The van der Waals surface area contributed by atoms with Crippen LogP contribution in [0.15, 0.2) is 0 Å². The van der Waals surface area contributed by atoms with Crippen LogP contribution < -0.4 is 0 Å². The molecule has 1 fully saturated rings. The van der Waals surface area contributed by atoms with E-state index in [2.05, 4.69) is 13.8 Å². The van der Waals surface area contributed by atoms with Crippen LogP contribution in [0, 0.1) is 0 Å². The summed E-state index contributed by atoms with van der Waals surface area (Å²) < 4.78 is 22.7. The van der Waals surface area contributed by atoms with Crippen LogP contribution in [0.1, 0.15) is 226 Å². The van der Waals surface area contributed by atoms with E-state index in [9.17, 15) is 25.2 Å². The van der Waals surface area contributed by atoms with Crippen LogP contribution in [-0.2, 0) is 23.7 Å². The number of unbranched alkanes of at least 4 members (excludes halogenated alkanes) is 30. The van der Waals surface area contributed by atoms with Crippen LogP contribution in [0.5, 0.6) is 0 Å². The monoisotopic (exact) mass is 787 g/mol. The Bertz CT molecular complexity index is 812. The number of rotatable bonds is 41. The molecule has 0 aromatic carbocycles. The molecule has 6 atom stereocenters. The zero-order valence-corrected chi connectivity index (χ0v) is 36.0. The average Bonchev–Trinajstić information content (AvgIpc) is 3.18.